The van der Waals surface area contributed by atoms with Crippen molar-refractivity contribution in [1.82, 2.24) is 25.3 Å². The zero-order valence-electron chi connectivity index (χ0n) is 15.8. The molecule has 0 bridgehead atoms. The highest BCUT2D eigenvalue weighted by atomic mass is 15.3. The number of nitrogens with one attached hydrogen (secondary N) is 2. The zero-order valence-corrected chi connectivity index (χ0v) is 15.8. The summed E-state index contributed by atoms with van der Waals surface area (Å²) in [7, 11) is 1.85. The molecule has 1 aliphatic heterocycles. The van der Waals surface area contributed by atoms with Crippen LogP contribution in [0.4, 0.5) is 0 Å². The average Bonchev–Trinajstić information content (AvgIpc) is 2.90. The number of nitrogens with zero attached hydrogens (tertiary/aromatic N) is 4. The molecule has 2 rings (SSSR count). The van der Waals surface area contributed by atoms with Gasteiger partial charge in [-0.1, -0.05) is 6.92 Å². The molecule has 24 heavy (non-hydrogen) atoms. The van der Waals surface area contributed by atoms with Crippen LogP contribution < -0.4 is 10.6 Å². The summed E-state index contributed by atoms with van der Waals surface area (Å²) in [5.41, 5.74) is 2.32. The van der Waals surface area contributed by atoms with E-state index in [1.54, 1.807) is 0 Å². The molecule has 0 saturated carbocycles. The minimum atomic E-state index is 0.542. The second-order valence-corrected chi connectivity index (χ2v) is 6.76. The molecular weight excluding hydrogens is 300 g/mol. The third-order valence-electron chi connectivity index (χ3n) is 4.63. The van der Waals surface area contributed by atoms with Gasteiger partial charge in [0.1, 0.15) is 0 Å². The molecule has 0 radical (unpaired) electrons. The lowest BCUT2D eigenvalue weighted by molar-refractivity contribution is 0.206. The fraction of sp³-hybridized carbons (Fsp3) is 0.778. The van der Waals surface area contributed by atoms with Crippen LogP contribution in [0.5, 0.6) is 0 Å². The number of likely N-dealkylation sites (tertiary alicyclic amines) is 1. The summed E-state index contributed by atoms with van der Waals surface area (Å²) in [6, 6.07) is 2.67. The minimum Gasteiger partial charge on any atom is -0.356 e. The van der Waals surface area contributed by atoms with Gasteiger partial charge in [0.05, 0.1) is 5.69 Å². The van der Waals surface area contributed by atoms with E-state index in [1.807, 2.05) is 14.0 Å². The first-order chi connectivity index (χ1) is 11.6. The van der Waals surface area contributed by atoms with Gasteiger partial charge in [0.25, 0.3) is 0 Å². The highest BCUT2D eigenvalue weighted by molar-refractivity contribution is 5.79. The van der Waals surface area contributed by atoms with Crippen LogP contribution in [-0.2, 0) is 6.54 Å². The first kappa shape index (κ1) is 18.8. The number of hydrogen-bond acceptors (Lipinski definition) is 3. The molecule has 1 aliphatic rings. The third-order valence-corrected chi connectivity index (χ3v) is 4.63. The molecule has 6 heteroatoms. The van der Waals surface area contributed by atoms with E-state index in [0.29, 0.717) is 6.04 Å². The maximum atomic E-state index is 4.50. The van der Waals surface area contributed by atoms with E-state index in [2.05, 4.69) is 50.2 Å². The second-order valence-electron chi connectivity index (χ2n) is 6.76. The van der Waals surface area contributed by atoms with Gasteiger partial charge in [-0.2, -0.15) is 5.10 Å². The summed E-state index contributed by atoms with van der Waals surface area (Å²) in [5, 5.41) is 11.5. The average molecular weight is 335 g/mol. The van der Waals surface area contributed by atoms with Gasteiger partial charge in [-0.25, -0.2) is 0 Å². The van der Waals surface area contributed by atoms with E-state index in [0.717, 1.165) is 31.2 Å². The van der Waals surface area contributed by atoms with Crippen LogP contribution in [0.2, 0.25) is 0 Å². The van der Waals surface area contributed by atoms with Crippen LogP contribution in [0.1, 0.15) is 44.0 Å². The minimum absolute atomic E-state index is 0.542. The molecule has 6 nitrogen and oxygen atoms in total. The quantitative estimate of drug-likeness (QED) is 0.454. The highest BCUT2D eigenvalue weighted by Gasteiger charge is 2.19. The molecule has 0 aromatic carbocycles. The van der Waals surface area contributed by atoms with E-state index >= 15 is 0 Å². The van der Waals surface area contributed by atoms with Crippen LogP contribution in [0.25, 0.3) is 0 Å². The fourth-order valence-electron chi connectivity index (χ4n) is 3.34. The molecule has 0 spiro atoms. The Morgan fingerprint density at radius 1 is 1.29 bits per heavy atom. The van der Waals surface area contributed by atoms with Gasteiger partial charge in [-0.15, -0.1) is 0 Å². The first-order valence-electron chi connectivity index (χ1n) is 9.33. The Hall–Kier alpha value is -1.56. The molecular formula is C18H34N6. The van der Waals surface area contributed by atoms with Gasteiger partial charge in [-0.3, -0.25) is 9.67 Å². The molecule has 0 atom stereocenters. The van der Waals surface area contributed by atoms with Crippen molar-refractivity contribution >= 4 is 5.96 Å². The third kappa shape index (κ3) is 5.82. The molecule has 0 amide bonds. The summed E-state index contributed by atoms with van der Waals surface area (Å²) in [4.78, 5) is 6.92. The molecule has 2 N–H and O–H groups in total. The lowest BCUT2D eigenvalue weighted by Crippen LogP contribution is -2.48. The molecule has 0 aliphatic carbocycles. The number of piperidine rings is 1. The van der Waals surface area contributed by atoms with E-state index in [-0.39, 0.29) is 0 Å². The lowest BCUT2D eigenvalue weighted by atomic mass is 10.1. The Balaban J connectivity index is 1.65. The van der Waals surface area contributed by atoms with E-state index in [4.69, 9.17) is 0 Å². The number of guanidine groups is 1. The Labute approximate surface area is 146 Å². The Morgan fingerprint density at radius 2 is 2.04 bits per heavy atom. The van der Waals surface area contributed by atoms with Crippen LogP contribution in [-0.4, -0.2) is 59.9 Å². The van der Waals surface area contributed by atoms with E-state index < -0.39 is 0 Å². The standard InChI is InChI=1S/C18H34N6/c1-5-10-23-12-7-17(8-13-23)21-18(19-4)20-9-6-11-24-16(3)14-15(2)22-24/h14,17H,5-13H2,1-4H3,(H2,19,20,21). The van der Waals surface area contributed by atoms with Crippen molar-refractivity contribution in [2.45, 2.75) is 59.0 Å². The number of aliphatic imine (C=N–C) groups is 1. The van der Waals surface area contributed by atoms with Crippen molar-refractivity contribution in [3.8, 4) is 0 Å². The van der Waals surface area contributed by atoms with Crippen LogP contribution in [0.3, 0.4) is 0 Å². The smallest absolute Gasteiger partial charge is 0.191 e. The Bertz CT molecular complexity index is 514. The van der Waals surface area contributed by atoms with Gasteiger partial charge in [-0.05, 0) is 52.1 Å². The predicted molar refractivity (Wildman–Crippen MR) is 101 cm³/mol. The normalized spacial score (nSPS) is 17.2. The van der Waals surface area contributed by atoms with E-state index in [9.17, 15) is 0 Å². The Kier molecular flexibility index (Phi) is 7.56. The molecule has 136 valence electrons. The summed E-state index contributed by atoms with van der Waals surface area (Å²) < 4.78 is 2.08. The van der Waals surface area contributed by atoms with Gasteiger partial charge >= 0.3 is 0 Å². The van der Waals surface area contributed by atoms with Crippen molar-refractivity contribution in [1.29, 1.82) is 0 Å². The van der Waals surface area contributed by atoms with Gasteiger partial charge in [0.15, 0.2) is 5.96 Å². The molecule has 0 unspecified atom stereocenters. The monoisotopic (exact) mass is 334 g/mol. The molecule has 1 aromatic rings. The fourth-order valence-corrected chi connectivity index (χ4v) is 3.34. The highest BCUT2D eigenvalue weighted by Crippen LogP contribution is 2.10. The van der Waals surface area contributed by atoms with Gasteiger partial charge < -0.3 is 15.5 Å². The second kappa shape index (κ2) is 9.67. The molecule has 1 aromatic heterocycles. The molecule has 2 heterocycles. The van der Waals surface area contributed by atoms with Crippen molar-refractivity contribution in [3.05, 3.63) is 17.5 Å². The van der Waals surface area contributed by atoms with Crippen molar-refractivity contribution in [2.24, 2.45) is 4.99 Å². The summed E-state index contributed by atoms with van der Waals surface area (Å²) in [6.45, 7) is 11.9. The Morgan fingerprint density at radius 3 is 2.62 bits per heavy atom. The molecule has 1 saturated heterocycles. The summed E-state index contributed by atoms with van der Waals surface area (Å²) in [5.74, 6) is 0.928. The van der Waals surface area contributed by atoms with Crippen LogP contribution in [0.15, 0.2) is 11.1 Å². The summed E-state index contributed by atoms with van der Waals surface area (Å²) >= 11 is 0. The van der Waals surface area contributed by atoms with Crippen LogP contribution >= 0.6 is 0 Å². The molecule has 1 fully saturated rings. The maximum absolute atomic E-state index is 4.50. The number of aromatic nitrogens is 2. The number of hydrogen-bond donors (Lipinski definition) is 2. The van der Waals surface area contributed by atoms with Crippen molar-refractivity contribution in [3.63, 3.8) is 0 Å². The van der Waals surface area contributed by atoms with Gasteiger partial charge in [0.2, 0.25) is 0 Å². The van der Waals surface area contributed by atoms with Gasteiger partial charge in [0, 0.05) is 45.0 Å². The maximum Gasteiger partial charge on any atom is 0.191 e. The number of aryl methyl sites for hydroxylation is 3. The number of rotatable bonds is 7. The lowest BCUT2D eigenvalue weighted by Gasteiger charge is -2.32. The van der Waals surface area contributed by atoms with E-state index in [1.165, 1.54) is 44.6 Å². The topological polar surface area (TPSA) is 57.5 Å². The predicted octanol–water partition coefficient (Wildman–Crippen LogP) is 1.93. The SMILES string of the molecule is CCCN1CCC(NC(=NC)NCCCn2nc(C)cc2C)CC1. The largest absolute Gasteiger partial charge is 0.356 e. The van der Waals surface area contributed by atoms with Crippen molar-refractivity contribution in [2.75, 3.05) is 33.2 Å². The summed E-state index contributed by atoms with van der Waals surface area (Å²) in [6.07, 6.45) is 4.69. The first-order valence-corrected chi connectivity index (χ1v) is 9.33. The van der Waals surface area contributed by atoms with Crippen molar-refractivity contribution < 1.29 is 0 Å². The van der Waals surface area contributed by atoms with Crippen LogP contribution in [0, 0.1) is 13.8 Å². The zero-order chi connectivity index (χ0) is 17.4.